The number of hydrogen-bond donors (Lipinski definition) is 2. The number of nitrogens with one attached hydrogen (secondary N) is 1. The highest BCUT2D eigenvalue weighted by Gasteiger charge is 2.15. The highest BCUT2D eigenvalue weighted by molar-refractivity contribution is 8.47. The minimum absolute atomic E-state index is 0.0289. The van der Waals surface area contributed by atoms with Gasteiger partial charge in [0.05, 0.1) is 11.9 Å². The molecule has 1 unspecified atom stereocenters. The fourth-order valence-corrected chi connectivity index (χ4v) is 3.57. The van der Waals surface area contributed by atoms with Crippen LogP contribution in [0.25, 0.3) is 0 Å². The molecule has 1 atom stereocenters. The fraction of sp³-hybridized carbons (Fsp3) is 0.800. The first kappa shape index (κ1) is 16.2. The van der Waals surface area contributed by atoms with Gasteiger partial charge in [-0.2, -0.15) is 0 Å². The molecule has 0 rings (SSSR count). The van der Waals surface area contributed by atoms with Crippen molar-refractivity contribution >= 4 is 45.2 Å². The normalized spacial score (nSPS) is 12.2. The Morgan fingerprint density at radius 2 is 2.25 bits per heavy atom. The summed E-state index contributed by atoms with van der Waals surface area (Å²) in [5.74, 6) is 0.949. The van der Waals surface area contributed by atoms with E-state index in [9.17, 15) is 4.79 Å². The van der Waals surface area contributed by atoms with Crippen LogP contribution in [0.1, 0.15) is 26.7 Å². The average molecular weight is 281 g/mol. The van der Waals surface area contributed by atoms with Crippen molar-refractivity contribution in [3.8, 4) is 0 Å². The van der Waals surface area contributed by atoms with Gasteiger partial charge in [0, 0.05) is 6.54 Å². The second kappa shape index (κ2) is 10.4. The van der Waals surface area contributed by atoms with Crippen molar-refractivity contribution in [2.24, 2.45) is 0 Å². The molecule has 3 nitrogen and oxygen atoms in total. The minimum Gasteiger partial charge on any atom is -0.395 e. The van der Waals surface area contributed by atoms with Gasteiger partial charge in [-0.3, -0.25) is 4.79 Å². The SMILES string of the molecule is CCCCSC(=S)SC(C)C(=O)NCCO. The first-order valence-corrected chi connectivity index (χ1v) is 7.61. The second-order valence-electron chi connectivity index (χ2n) is 3.23. The topological polar surface area (TPSA) is 49.3 Å². The second-order valence-corrected chi connectivity index (χ2v) is 6.87. The Kier molecular flexibility index (Phi) is 10.5. The van der Waals surface area contributed by atoms with Crippen LogP contribution in [0, 0.1) is 0 Å². The van der Waals surface area contributed by atoms with Crippen molar-refractivity contribution in [1.29, 1.82) is 0 Å². The highest BCUT2D eigenvalue weighted by Crippen LogP contribution is 2.22. The number of aliphatic hydroxyl groups is 1. The van der Waals surface area contributed by atoms with E-state index in [1.165, 1.54) is 11.8 Å². The van der Waals surface area contributed by atoms with Gasteiger partial charge >= 0.3 is 0 Å². The van der Waals surface area contributed by atoms with Gasteiger partial charge in [0.2, 0.25) is 5.91 Å². The monoisotopic (exact) mass is 281 g/mol. The molecular weight excluding hydrogens is 262 g/mol. The zero-order chi connectivity index (χ0) is 12.4. The lowest BCUT2D eigenvalue weighted by atomic mass is 10.4. The maximum Gasteiger partial charge on any atom is 0.233 e. The third-order valence-corrected chi connectivity index (χ3v) is 4.54. The Bertz CT molecular complexity index is 224. The van der Waals surface area contributed by atoms with Gasteiger partial charge in [0.1, 0.15) is 3.53 Å². The summed E-state index contributed by atoms with van der Waals surface area (Å²) in [5, 5.41) is 11.0. The summed E-state index contributed by atoms with van der Waals surface area (Å²) in [6.07, 6.45) is 2.31. The van der Waals surface area contributed by atoms with Crippen molar-refractivity contribution in [1.82, 2.24) is 5.32 Å². The van der Waals surface area contributed by atoms with Crippen molar-refractivity contribution < 1.29 is 9.90 Å². The summed E-state index contributed by atoms with van der Waals surface area (Å²) >= 11 is 8.22. The van der Waals surface area contributed by atoms with E-state index in [4.69, 9.17) is 17.3 Å². The molecule has 0 aliphatic carbocycles. The first-order valence-electron chi connectivity index (χ1n) is 5.33. The molecule has 0 aromatic heterocycles. The van der Waals surface area contributed by atoms with Crippen LogP contribution in [0.4, 0.5) is 0 Å². The molecule has 0 saturated carbocycles. The lowest BCUT2D eigenvalue weighted by Gasteiger charge is -2.11. The Labute approximate surface area is 111 Å². The number of thiocarbonyl (C=S) groups is 1. The number of amides is 1. The maximum atomic E-state index is 11.5. The average Bonchev–Trinajstić information content (AvgIpc) is 2.26. The molecular formula is C10H19NO2S3. The minimum atomic E-state index is -0.187. The van der Waals surface area contributed by atoms with Crippen molar-refractivity contribution in [2.45, 2.75) is 31.9 Å². The molecule has 0 radical (unpaired) electrons. The molecule has 0 aliphatic rings. The number of unbranched alkanes of at least 4 members (excludes halogenated alkanes) is 1. The van der Waals surface area contributed by atoms with E-state index in [0.717, 1.165) is 22.1 Å². The van der Waals surface area contributed by atoms with Crippen LogP contribution in [-0.4, -0.2) is 38.7 Å². The summed E-state index contributed by atoms with van der Waals surface area (Å²) in [6, 6.07) is 0. The number of carbonyl (C=O) groups excluding carboxylic acids is 1. The van der Waals surface area contributed by atoms with Crippen molar-refractivity contribution in [2.75, 3.05) is 18.9 Å². The van der Waals surface area contributed by atoms with E-state index in [1.807, 2.05) is 6.92 Å². The molecule has 0 spiro atoms. The van der Waals surface area contributed by atoms with E-state index in [1.54, 1.807) is 11.8 Å². The van der Waals surface area contributed by atoms with E-state index >= 15 is 0 Å². The van der Waals surface area contributed by atoms with Crippen LogP contribution in [0.15, 0.2) is 0 Å². The first-order chi connectivity index (χ1) is 7.61. The standard InChI is InChI=1S/C10H19NO2S3/c1-3-4-7-15-10(14)16-8(2)9(13)11-5-6-12/h8,12H,3-7H2,1-2H3,(H,11,13). The van der Waals surface area contributed by atoms with Crippen LogP contribution in [0.3, 0.4) is 0 Å². The Morgan fingerprint density at radius 3 is 2.81 bits per heavy atom. The predicted octanol–water partition coefficient (Wildman–Crippen LogP) is 2.03. The van der Waals surface area contributed by atoms with Gasteiger partial charge < -0.3 is 10.4 Å². The molecule has 1 amide bonds. The van der Waals surface area contributed by atoms with Gasteiger partial charge in [-0.05, 0) is 19.1 Å². The number of thioether (sulfide) groups is 2. The highest BCUT2D eigenvalue weighted by atomic mass is 32.2. The molecule has 6 heteroatoms. The Morgan fingerprint density at radius 1 is 1.56 bits per heavy atom. The molecule has 0 aromatic carbocycles. The number of rotatable bonds is 7. The van der Waals surface area contributed by atoms with Gasteiger partial charge in [-0.25, -0.2) is 0 Å². The van der Waals surface area contributed by atoms with Crippen LogP contribution in [0.2, 0.25) is 0 Å². The maximum absolute atomic E-state index is 11.5. The summed E-state index contributed by atoms with van der Waals surface area (Å²) < 4.78 is 0.820. The van der Waals surface area contributed by atoms with Gasteiger partial charge in [-0.1, -0.05) is 37.3 Å². The Balaban J connectivity index is 3.71. The van der Waals surface area contributed by atoms with Crippen LogP contribution >= 0.6 is 35.7 Å². The molecule has 16 heavy (non-hydrogen) atoms. The third kappa shape index (κ3) is 8.38. The summed E-state index contributed by atoms with van der Waals surface area (Å²) in [4.78, 5) is 11.5. The lowest BCUT2D eigenvalue weighted by Crippen LogP contribution is -2.33. The molecule has 94 valence electrons. The Hall–Kier alpha value is 0.220. The van der Waals surface area contributed by atoms with Crippen molar-refractivity contribution in [3.05, 3.63) is 0 Å². The predicted molar refractivity (Wildman–Crippen MR) is 77.1 cm³/mol. The van der Waals surface area contributed by atoms with Crippen molar-refractivity contribution in [3.63, 3.8) is 0 Å². The van der Waals surface area contributed by atoms with Crippen LogP contribution in [0.5, 0.6) is 0 Å². The van der Waals surface area contributed by atoms with Gasteiger partial charge in [-0.15, -0.1) is 11.8 Å². The smallest absolute Gasteiger partial charge is 0.233 e. The van der Waals surface area contributed by atoms with Crippen LogP contribution in [-0.2, 0) is 4.79 Å². The summed E-state index contributed by atoms with van der Waals surface area (Å²) in [5.41, 5.74) is 0. The largest absolute Gasteiger partial charge is 0.395 e. The quantitative estimate of drug-likeness (QED) is 0.552. The van der Waals surface area contributed by atoms with E-state index in [2.05, 4.69) is 12.2 Å². The lowest BCUT2D eigenvalue weighted by molar-refractivity contribution is -0.120. The van der Waals surface area contributed by atoms with E-state index in [0.29, 0.717) is 6.54 Å². The molecule has 0 aromatic rings. The molecule has 0 bridgehead atoms. The van der Waals surface area contributed by atoms with Gasteiger partial charge in [0.25, 0.3) is 0 Å². The number of aliphatic hydroxyl groups excluding tert-OH is 1. The molecule has 0 saturated heterocycles. The number of hydrogen-bond acceptors (Lipinski definition) is 5. The molecule has 2 N–H and O–H groups in total. The fourth-order valence-electron chi connectivity index (χ4n) is 0.855. The summed E-state index contributed by atoms with van der Waals surface area (Å²) in [6.45, 7) is 4.24. The number of carbonyl (C=O) groups is 1. The molecule has 0 fully saturated rings. The van der Waals surface area contributed by atoms with Crippen LogP contribution < -0.4 is 5.32 Å². The molecule has 0 heterocycles. The van der Waals surface area contributed by atoms with E-state index < -0.39 is 0 Å². The zero-order valence-electron chi connectivity index (χ0n) is 9.69. The van der Waals surface area contributed by atoms with Gasteiger partial charge in [0.15, 0.2) is 0 Å². The molecule has 0 aliphatic heterocycles. The summed E-state index contributed by atoms with van der Waals surface area (Å²) in [7, 11) is 0. The zero-order valence-corrected chi connectivity index (χ0v) is 12.1. The third-order valence-electron chi connectivity index (χ3n) is 1.77. The van der Waals surface area contributed by atoms with E-state index in [-0.39, 0.29) is 17.8 Å².